The number of H-pyrrole nitrogens is 1. The molecule has 0 aliphatic rings. The van der Waals surface area contributed by atoms with Crippen LogP contribution in [0.15, 0.2) is 35.5 Å². The van der Waals surface area contributed by atoms with Crippen molar-refractivity contribution < 1.29 is 13.2 Å². The fourth-order valence-corrected chi connectivity index (χ4v) is 3.14. The van der Waals surface area contributed by atoms with Crippen molar-refractivity contribution in [2.45, 2.75) is 18.4 Å². The minimum absolute atomic E-state index is 0.252. The quantitative estimate of drug-likeness (QED) is 0.908. The Morgan fingerprint density at radius 1 is 1.40 bits per heavy atom. The lowest BCUT2D eigenvalue weighted by molar-refractivity contribution is 0.411. The largest absolute Gasteiger partial charge is 0.496 e. The van der Waals surface area contributed by atoms with E-state index in [2.05, 4.69) is 10.2 Å². The molecule has 2 rings (SSSR count). The number of aromatic nitrogens is 2. The Labute approximate surface area is 118 Å². The van der Waals surface area contributed by atoms with Gasteiger partial charge in [-0.2, -0.15) is 9.40 Å². The zero-order chi connectivity index (χ0) is 14.8. The first-order chi connectivity index (χ1) is 9.45. The van der Waals surface area contributed by atoms with Crippen LogP contribution < -0.4 is 4.74 Å². The van der Waals surface area contributed by atoms with E-state index in [1.165, 1.54) is 4.31 Å². The molecule has 0 atom stereocenters. The van der Waals surface area contributed by atoms with E-state index in [1.54, 1.807) is 44.8 Å². The van der Waals surface area contributed by atoms with Gasteiger partial charge in [0.1, 0.15) is 5.75 Å². The van der Waals surface area contributed by atoms with Crippen molar-refractivity contribution in [3.05, 3.63) is 41.7 Å². The van der Waals surface area contributed by atoms with Crippen LogP contribution in [0.5, 0.6) is 5.75 Å². The van der Waals surface area contributed by atoms with Gasteiger partial charge in [-0.25, -0.2) is 8.42 Å². The lowest BCUT2D eigenvalue weighted by atomic mass is 10.2. The third-order valence-electron chi connectivity index (χ3n) is 3.03. The lowest BCUT2D eigenvalue weighted by Gasteiger charge is -2.17. The first kappa shape index (κ1) is 14.5. The molecule has 20 heavy (non-hydrogen) atoms. The van der Waals surface area contributed by atoms with Gasteiger partial charge in [-0.05, 0) is 30.7 Å². The van der Waals surface area contributed by atoms with E-state index >= 15 is 0 Å². The topological polar surface area (TPSA) is 75.3 Å². The second-order valence-electron chi connectivity index (χ2n) is 4.50. The van der Waals surface area contributed by atoms with Crippen LogP contribution in [0.3, 0.4) is 0 Å². The van der Waals surface area contributed by atoms with E-state index in [9.17, 15) is 8.42 Å². The molecule has 1 N–H and O–H groups in total. The van der Waals surface area contributed by atoms with Gasteiger partial charge in [0.15, 0.2) is 0 Å². The van der Waals surface area contributed by atoms with Gasteiger partial charge in [-0.15, -0.1) is 0 Å². The Hall–Kier alpha value is -1.86. The van der Waals surface area contributed by atoms with Crippen molar-refractivity contribution in [3.8, 4) is 5.75 Å². The van der Waals surface area contributed by atoms with Gasteiger partial charge < -0.3 is 4.74 Å². The summed E-state index contributed by atoms with van der Waals surface area (Å²) >= 11 is 0. The summed E-state index contributed by atoms with van der Waals surface area (Å²) in [5, 5.41) is 6.47. The molecule has 0 aliphatic heterocycles. The number of nitrogens with zero attached hydrogens (tertiary/aromatic N) is 2. The third-order valence-corrected chi connectivity index (χ3v) is 4.83. The Kier molecular flexibility index (Phi) is 4.10. The molecule has 0 saturated carbocycles. The predicted octanol–water partition coefficient (Wildman–Crippen LogP) is 1.55. The molecule has 6 nitrogen and oxygen atoms in total. The first-order valence-electron chi connectivity index (χ1n) is 6.04. The van der Waals surface area contributed by atoms with Crippen LogP contribution in [0.4, 0.5) is 0 Å². The van der Waals surface area contributed by atoms with E-state index in [-0.39, 0.29) is 11.4 Å². The maximum atomic E-state index is 12.5. The van der Waals surface area contributed by atoms with E-state index in [4.69, 9.17) is 4.74 Å². The highest BCUT2D eigenvalue weighted by Crippen LogP contribution is 2.23. The van der Waals surface area contributed by atoms with Gasteiger partial charge in [-0.3, -0.25) is 5.10 Å². The number of methoxy groups -OCH3 is 1. The number of ether oxygens (including phenoxy) is 1. The Morgan fingerprint density at radius 2 is 2.15 bits per heavy atom. The number of rotatable bonds is 5. The Balaban J connectivity index is 2.27. The fraction of sp³-hybridized carbons (Fsp3) is 0.308. The second-order valence-corrected chi connectivity index (χ2v) is 6.54. The van der Waals surface area contributed by atoms with Gasteiger partial charge in [-0.1, -0.05) is 0 Å². The summed E-state index contributed by atoms with van der Waals surface area (Å²) in [5.41, 5.74) is 1.59. The molecule has 0 spiro atoms. The maximum Gasteiger partial charge on any atom is 0.243 e. The predicted molar refractivity (Wildman–Crippen MR) is 75.0 cm³/mol. The molecule has 2 aromatic rings. The molecule has 0 bridgehead atoms. The standard InChI is InChI=1S/C13H17N3O3S/c1-10-6-12(4-5-13(10)19-3)20(17,18)16(2)9-11-7-14-15-8-11/h4-8H,9H2,1-3H3,(H,14,15). The number of nitrogens with one attached hydrogen (secondary N) is 1. The van der Waals surface area contributed by atoms with Gasteiger partial charge in [0.05, 0.1) is 18.2 Å². The smallest absolute Gasteiger partial charge is 0.243 e. The fourth-order valence-electron chi connectivity index (χ4n) is 1.90. The molecule has 0 amide bonds. The summed E-state index contributed by atoms with van der Waals surface area (Å²) in [4.78, 5) is 0.252. The Bertz CT molecular complexity index is 681. The zero-order valence-electron chi connectivity index (χ0n) is 11.6. The lowest BCUT2D eigenvalue weighted by Crippen LogP contribution is -2.26. The number of sulfonamides is 1. The summed E-state index contributed by atoms with van der Waals surface area (Å²) < 4.78 is 31.4. The molecule has 0 radical (unpaired) electrons. The highest BCUT2D eigenvalue weighted by molar-refractivity contribution is 7.89. The van der Waals surface area contributed by atoms with Crippen LogP contribution in [-0.4, -0.2) is 37.1 Å². The monoisotopic (exact) mass is 295 g/mol. The summed E-state index contributed by atoms with van der Waals surface area (Å²) in [6.45, 7) is 2.08. The normalized spacial score (nSPS) is 11.8. The molecule has 1 aromatic carbocycles. The van der Waals surface area contributed by atoms with E-state index in [1.807, 2.05) is 6.92 Å². The van der Waals surface area contributed by atoms with Gasteiger partial charge in [0.25, 0.3) is 0 Å². The molecular formula is C13H17N3O3S. The van der Waals surface area contributed by atoms with Crippen LogP contribution in [-0.2, 0) is 16.6 Å². The maximum absolute atomic E-state index is 12.5. The molecular weight excluding hydrogens is 278 g/mol. The molecule has 1 aromatic heterocycles. The number of aromatic amines is 1. The van der Waals surface area contributed by atoms with E-state index < -0.39 is 10.0 Å². The summed E-state index contributed by atoms with van der Waals surface area (Å²) in [5.74, 6) is 0.668. The van der Waals surface area contributed by atoms with Crippen molar-refractivity contribution in [1.29, 1.82) is 0 Å². The minimum Gasteiger partial charge on any atom is -0.496 e. The highest BCUT2D eigenvalue weighted by atomic mass is 32.2. The third kappa shape index (κ3) is 2.83. The van der Waals surface area contributed by atoms with Gasteiger partial charge >= 0.3 is 0 Å². The average molecular weight is 295 g/mol. The van der Waals surface area contributed by atoms with Crippen molar-refractivity contribution >= 4 is 10.0 Å². The molecule has 0 unspecified atom stereocenters. The van der Waals surface area contributed by atoms with Gasteiger partial charge in [0, 0.05) is 25.4 Å². The molecule has 7 heteroatoms. The average Bonchev–Trinajstić information content (AvgIpc) is 2.91. The van der Waals surface area contributed by atoms with Crippen LogP contribution in [0.2, 0.25) is 0 Å². The van der Waals surface area contributed by atoms with Crippen LogP contribution in [0, 0.1) is 6.92 Å². The Morgan fingerprint density at radius 3 is 2.70 bits per heavy atom. The van der Waals surface area contributed by atoms with Crippen molar-refractivity contribution in [2.75, 3.05) is 14.2 Å². The van der Waals surface area contributed by atoms with E-state index in [0.29, 0.717) is 5.75 Å². The highest BCUT2D eigenvalue weighted by Gasteiger charge is 2.21. The summed E-state index contributed by atoms with van der Waals surface area (Å²) in [6.07, 6.45) is 3.27. The van der Waals surface area contributed by atoms with Crippen LogP contribution in [0.1, 0.15) is 11.1 Å². The van der Waals surface area contributed by atoms with E-state index in [0.717, 1.165) is 11.1 Å². The molecule has 108 valence electrons. The minimum atomic E-state index is -3.53. The van der Waals surface area contributed by atoms with Crippen molar-refractivity contribution in [1.82, 2.24) is 14.5 Å². The second kappa shape index (κ2) is 5.64. The number of aryl methyl sites for hydroxylation is 1. The van der Waals surface area contributed by atoms with Crippen LogP contribution >= 0.6 is 0 Å². The number of benzene rings is 1. The van der Waals surface area contributed by atoms with Crippen molar-refractivity contribution in [3.63, 3.8) is 0 Å². The number of hydrogen-bond donors (Lipinski definition) is 1. The summed E-state index contributed by atoms with van der Waals surface area (Å²) in [6, 6.07) is 4.82. The molecule has 0 fully saturated rings. The summed E-state index contributed by atoms with van der Waals surface area (Å²) in [7, 11) is -0.426. The molecule has 0 aliphatic carbocycles. The van der Waals surface area contributed by atoms with Crippen molar-refractivity contribution in [2.24, 2.45) is 0 Å². The SMILES string of the molecule is COc1ccc(S(=O)(=O)N(C)Cc2cn[nH]c2)cc1C. The number of hydrogen-bond acceptors (Lipinski definition) is 4. The molecule has 0 saturated heterocycles. The first-order valence-corrected chi connectivity index (χ1v) is 7.48. The zero-order valence-corrected chi connectivity index (χ0v) is 12.4. The van der Waals surface area contributed by atoms with Crippen LogP contribution in [0.25, 0.3) is 0 Å². The molecule has 1 heterocycles. The van der Waals surface area contributed by atoms with Gasteiger partial charge in [0.2, 0.25) is 10.0 Å².